The van der Waals surface area contributed by atoms with Crippen LogP contribution < -0.4 is 5.32 Å². The van der Waals surface area contributed by atoms with Gasteiger partial charge in [-0.2, -0.15) is 0 Å². The molecule has 1 aliphatic rings. The summed E-state index contributed by atoms with van der Waals surface area (Å²) in [6, 6.07) is 12.4. The molecule has 0 saturated heterocycles. The summed E-state index contributed by atoms with van der Waals surface area (Å²) < 4.78 is 2.23. The van der Waals surface area contributed by atoms with Crippen LogP contribution in [-0.4, -0.2) is 22.5 Å². The zero-order valence-corrected chi connectivity index (χ0v) is 12.4. The predicted molar refractivity (Wildman–Crippen MR) is 86.0 cm³/mol. The molecule has 1 N–H and O–H groups in total. The molecule has 1 atom stereocenters. The summed E-state index contributed by atoms with van der Waals surface area (Å²) in [4.78, 5) is 16.0. The first-order valence-corrected chi connectivity index (χ1v) is 7.52. The maximum absolute atomic E-state index is 11.7. The number of carbonyl (C=O) groups is 1. The largest absolute Gasteiger partial charge is 0.355 e. The monoisotopic (exact) mass is 291 g/mol. The van der Waals surface area contributed by atoms with Crippen LogP contribution in [0.5, 0.6) is 0 Å². The van der Waals surface area contributed by atoms with E-state index in [4.69, 9.17) is 0 Å². The third-order valence-electron chi connectivity index (χ3n) is 4.52. The number of nitrogens with zero attached hydrogens (tertiary/aromatic N) is 2. The average molecular weight is 291 g/mol. The number of rotatable bonds is 2. The molecule has 2 aromatic carbocycles. The molecule has 1 aromatic heterocycles. The van der Waals surface area contributed by atoms with Crippen molar-refractivity contribution >= 4 is 16.7 Å². The Bertz CT molecular complexity index is 866. The number of hydrogen-bond acceptors (Lipinski definition) is 2. The molecule has 22 heavy (non-hydrogen) atoms. The van der Waals surface area contributed by atoms with Crippen LogP contribution in [-0.2, 0) is 6.54 Å². The minimum atomic E-state index is -0.0503. The maximum Gasteiger partial charge on any atom is 0.251 e. The second-order valence-electron chi connectivity index (χ2n) is 5.75. The molecular formula is C18H17N3O. The van der Waals surface area contributed by atoms with Gasteiger partial charge >= 0.3 is 0 Å². The van der Waals surface area contributed by atoms with E-state index >= 15 is 0 Å². The number of carbonyl (C=O) groups excluding carboxylic acids is 1. The van der Waals surface area contributed by atoms with Crippen molar-refractivity contribution in [2.75, 3.05) is 7.05 Å². The second-order valence-corrected chi connectivity index (χ2v) is 5.75. The summed E-state index contributed by atoms with van der Waals surface area (Å²) >= 11 is 0. The molecule has 0 spiro atoms. The van der Waals surface area contributed by atoms with Crippen LogP contribution in [0.2, 0.25) is 0 Å². The van der Waals surface area contributed by atoms with Crippen molar-refractivity contribution in [2.45, 2.75) is 18.9 Å². The van der Waals surface area contributed by atoms with Crippen LogP contribution in [0, 0.1) is 0 Å². The van der Waals surface area contributed by atoms with Crippen molar-refractivity contribution in [3.05, 3.63) is 65.7 Å². The summed E-state index contributed by atoms with van der Waals surface area (Å²) in [7, 11) is 1.65. The number of fused-ring (bicyclic) bond motifs is 2. The quantitative estimate of drug-likeness (QED) is 0.789. The molecule has 3 aromatic rings. The van der Waals surface area contributed by atoms with Crippen LogP contribution in [0.1, 0.15) is 34.0 Å². The fraction of sp³-hybridized carbons (Fsp3) is 0.222. The van der Waals surface area contributed by atoms with Crippen molar-refractivity contribution in [2.24, 2.45) is 0 Å². The van der Waals surface area contributed by atoms with Gasteiger partial charge < -0.3 is 9.88 Å². The van der Waals surface area contributed by atoms with Crippen molar-refractivity contribution in [3.63, 3.8) is 0 Å². The van der Waals surface area contributed by atoms with Crippen LogP contribution >= 0.6 is 0 Å². The third kappa shape index (κ3) is 1.99. The van der Waals surface area contributed by atoms with Crippen molar-refractivity contribution < 1.29 is 4.79 Å². The molecule has 0 bridgehead atoms. The van der Waals surface area contributed by atoms with Gasteiger partial charge in [0.1, 0.15) is 0 Å². The summed E-state index contributed by atoms with van der Waals surface area (Å²) in [6.45, 7) is 1.04. The van der Waals surface area contributed by atoms with Gasteiger partial charge in [-0.1, -0.05) is 24.3 Å². The van der Waals surface area contributed by atoms with Gasteiger partial charge in [0.05, 0.1) is 6.33 Å². The van der Waals surface area contributed by atoms with Gasteiger partial charge in [0, 0.05) is 37.0 Å². The lowest BCUT2D eigenvalue weighted by Gasteiger charge is -2.11. The van der Waals surface area contributed by atoms with Crippen LogP contribution in [0.4, 0.5) is 0 Å². The first kappa shape index (κ1) is 13.1. The maximum atomic E-state index is 11.7. The zero-order valence-electron chi connectivity index (χ0n) is 12.4. The number of imidazole rings is 1. The molecule has 4 heteroatoms. The van der Waals surface area contributed by atoms with Gasteiger partial charge in [-0.05, 0) is 34.9 Å². The smallest absolute Gasteiger partial charge is 0.251 e. The molecule has 0 aliphatic carbocycles. The highest BCUT2D eigenvalue weighted by Crippen LogP contribution is 2.35. The molecule has 2 heterocycles. The summed E-state index contributed by atoms with van der Waals surface area (Å²) in [5.74, 6) is 0.371. The molecule has 4 nitrogen and oxygen atoms in total. The summed E-state index contributed by atoms with van der Waals surface area (Å²) in [5, 5.41) is 4.92. The van der Waals surface area contributed by atoms with Gasteiger partial charge in [0.25, 0.3) is 5.91 Å². The minimum absolute atomic E-state index is 0.0503. The van der Waals surface area contributed by atoms with Gasteiger partial charge in [0.2, 0.25) is 0 Å². The van der Waals surface area contributed by atoms with E-state index in [1.165, 1.54) is 16.6 Å². The number of hydrogen-bond donors (Lipinski definition) is 1. The number of amides is 1. The standard InChI is InChI=1S/C18H17N3O/c1-19-18(22)15-5-3-12-8-14(4-2-13(12)9-15)16-6-7-21-11-20-10-17(16)21/h2-5,8-11,16H,6-7H2,1H3,(H,19,22). The van der Waals surface area contributed by atoms with Gasteiger partial charge in [0.15, 0.2) is 0 Å². The van der Waals surface area contributed by atoms with Crippen LogP contribution in [0.3, 0.4) is 0 Å². The minimum Gasteiger partial charge on any atom is -0.355 e. The highest BCUT2D eigenvalue weighted by molar-refractivity contribution is 5.98. The Hall–Kier alpha value is -2.62. The normalized spacial score (nSPS) is 16.7. The van der Waals surface area contributed by atoms with E-state index in [2.05, 4.69) is 33.1 Å². The molecule has 0 fully saturated rings. The topological polar surface area (TPSA) is 46.9 Å². The first-order chi connectivity index (χ1) is 10.8. The number of benzene rings is 2. The van der Waals surface area contributed by atoms with E-state index in [-0.39, 0.29) is 5.91 Å². The Balaban J connectivity index is 1.74. The zero-order chi connectivity index (χ0) is 15.1. The molecule has 1 unspecified atom stereocenters. The molecular weight excluding hydrogens is 274 g/mol. The Morgan fingerprint density at radius 2 is 2.05 bits per heavy atom. The third-order valence-corrected chi connectivity index (χ3v) is 4.52. The van der Waals surface area contributed by atoms with Crippen molar-refractivity contribution in [3.8, 4) is 0 Å². The van der Waals surface area contributed by atoms with Gasteiger partial charge in [-0.25, -0.2) is 4.98 Å². The SMILES string of the molecule is CNC(=O)c1ccc2cc(C3CCn4cncc43)ccc2c1. The fourth-order valence-corrected chi connectivity index (χ4v) is 3.33. The fourth-order valence-electron chi connectivity index (χ4n) is 3.33. The highest BCUT2D eigenvalue weighted by atomic mass is 16.1. The molecule has 1 aliphatic heterocycles. The average Bonchev–Trinajstić information content (AvgIpc) is 3.16. The lowest BCUT2D eigenvalue weighted by molar-refractivity contribution is 0.0963. The van der Waals surface area contributed by atoms with E-state index in [0.29, 0.717) is 11.5 Å². The Morgan fingerprint density at radius 3 is 2.91 bits per heavy atom. The summed E-state index contributed by atoms with van der Waals surface area (Å²) in [6.07, 6.45) is 5.00. The Morgan fingerprint density at radius 1 is 1.23 bits per heavy atom. The van der Waals surface area contributed by atoms with Crippen LogP contribution in [0.25, 0.3) is 10.8 Å². The summed E-state index contributed by atoms with van der Waals surface area (Å²) in [5.41, 5.74) is 3.31. The van der Waals surface area contributed by atoms with E-state index in [9.17, 15) is 4.79 Å². The Kier molecular flexibility index (Phi) is 2.96. The second kappa shape index (κ2) is 4.98. The number of aryl methyl sites for hydroxylation is 1. The molecule has 0 saturated carbocycles. The molecule has 110 valence electrons. The lowest BCUT2D eigenvalue weighted by Crippen LogP contribution is -2.17. The molecule has 4 rings (SSSR count). The van der Waals surface area contributed by atoms with Crippen LogP contribution in [0.15, 0.2) is 48.9 Å². The molecule has 1 amide bonds. The molecule has 0 radical (unpaired) electrons. The van der Waals surface area contributed by atoms with E-state index < -0.39 is 0 Å². The number of nitrogens with one attached hydrogen (secondary N) is 1. The van der Waals surface area contributed by atoms with Crippen molar-refractivity contribution in [1.82, 2.24) is 14.9 Å². The predicted octanol–water partition coefficient (Wildman–Crippen LogP) is 2.93. The number of aromatic nitrogens is 2. The van der Waals surface area contributed by atoms with E-state index in [1.54, 1.807) is 7.05 Å². The first-order valence-electron chi connectivity index (χ1n) is 7.52. The van der Waals surface area contributed by atoms with Gasteiger partial charge in [-0.15, -0.1) is 0 Å². The van der Waals surface area contributed by atoms with E-state index in [1.807, 2.05) is 30.7 Å². The van der Waals surface area contributed by atoms with E-state index in [0.717, 1.165) is 18.4 Å². The van der Waals surface area contributed by atoms with Crippen molar-refractivity contribution in [1.29, 1.82) is 0 Å². The lowest BCUT2D eigenvalue weighted by atomic mass is 9.93. The Labute approximate surface area is 128 Å². The highest BCUT2D eigenvalue weighted by Gasteiger charge is 2.24. The van der Waals surface area contributed by atoms with Gasteiger partial charge in [-0.3, -0.25) is 4.79 Å².